The van der Waals surface area contributed by atoms with Crippen LogP contribution >= 0.6 is 15.9 Å². The molecular weight excluding hydrogens is 278 g/mol. The zero-order chi connectivity index (χ0) is 12.5. The van der Waals surface area contributed by atoms with Crippen molar-refractivity contribution in [3.8, 4) is 0 Å². The summed E-state index contributed by atoms with van der Waals surface area (Å²) in [6.07, 6.45) is 1.95. The van der Waals surface area contributed by atoms with Crippen molar-refractivity contribution in [3.05, 3.63) is 23.9 Å². The van der Waals surface area contributed by atoms with Crippen LogP contribution in [-0.2, 0) is 5.33 Å². The number of hydrogen-bond donors (Lipinski definition) is 0. The Labute approximate surface area is 112 Å². The smallest absolute Gasteiger partial charge is 0.128 e. The van der Waals surface area contributed by atoms with E-state index in [1.165, 1.54) is 5.56 Å². The van der Waals surface area contributed by atoms with Crippen molar-refractivity contribution in [2.24, 2.45) is 0 Å². The number of nitrogens with zero attached hydrogens (tertiary/aromatic N) is 3. The van der Waals surface area contributed by atoms with Gasteiger partial charge < -0.3 is 4.90 Å². The first-order valence-electron chi connectivity index (χ1n) is 6.00. The average molecular weight is 298 g/mol. The Morgan fingerprint density at radius 2 is 2.12 bits per heavy atom. The number of piperazine rings is 1. The van der Waals surface area contributed by atoms with Crippen molar-refractivity contribution >= 4 is 21.7 Å². The zero-order valence-electron chi connectivity index (χ0n) is 10.8. The molecule has 1 fully saturated rings. The van der Waals surface area contributed by atoms with Crippen LogP contribution in [0, 0.1) is 0 Å². The molecule has 0 atom stereocenters. The van der Waals surface area contributed by atoms with Crippen LogP contribution in [0.5, 0.6) is 0 Å². The highest BCUT2D eigenvalue weighted by Crippen LogP contribution is 2.23. The normalized spacial score (nSPS) is 20.6. The van der Waals surface area contributed by atoms with Crippen LogP contribution in [0.4, 0.5) is 5.82 Å². The standard InChI is InChI=1S/C13H20BrN3/c1-13(2)10-17(7-6-16(13)3)12-5-4-11(8-14)9-15-12/h4-5,9H,6-8,10H2,1-3H3. The molecule has 1 aliphatic rings. The molecule has 1 aromatic rings. The highest BCUT2D eigenvalue weighted by molar-refractivity contribution is 9.08. The SMILES string of the molecule is CN1CCN(c2ccc(CBr)cn2)CC1(C)C. The fourth-order valence-corrected chi connectivity index (χ4v) is 2.45. The van der Waals surface area contributed by atoms with Gasteiger partial charge in [-0.05, 0) is 32.5 Å². The summed E-state index contributed by atoms with van der Waals surface area (Å²) < 4.78 is 0. The van der Waals surface area contributed by atoms with Crippen molar-refractivity contribution in [2.75, 3.05) is 31.6 Å². The van der Waals surface area contributed by atoms with Gasteiger partial charge in [0.1, 0.15) is 5.82 Å². The second-order valence-corrected chi connectivity index (χ2v) is 5.87. The number of anilines is 1. The Morgan fingerprint density at radius 1 is 1.35 bits per heavy atom. The fourth-order valence-electron chi connectivity index (χ4n) is 2.12. The van der Waals surface area contributed by atoms with Gasteiger partial charge in [-0.2, -0.15) is 0 Å². The van der Waals surface area contributed by atoms with Gasteiger partial charge in [-0.1, -0.05) is 22.0 Å². The third-order valence-corrected chi connectivity index (χ3v) is 4.25. The van der Waals surface area contributed by atoms with Gasteiger partial charge in [-0.15, -0.1) is 0 Å². The number of halogens is 1. The number of rotatable bonds is 2. The van der Waals surface area contributed by atoms with Gasteiger partial charge in [0.2, 0.25) is 0 Å². The van der Waals surface area contributed by atoms with Crippen molar-refractivity contribution in [1.82, 2.24) is 9.88 Å². The maximum Gasteiger partial charge on any atom is 0.128 e. The van der Waals surface area contributed by atoms with Gasteiger partial charge >= 0.3 is 0 Å². The summed E-state index contributed by atoms with van der Waals surface area (Å²) in [5.74, 6) is 1.09. The third kappa shape index (κ3) is 2.80. The molecular formula is C13H20BrN3. The summed E-state index contributed by atoms with van der Waals surface area (Å²) in [5.41, 5.74) is 1.44. The predicted molar refractivity (Wildman–Crippen MR) is 75.8 cm³/mol. The maximum atomic E-state index is 4.54. The first-order valence-corrected chi connectivity index (χ1v) is 7.12. The summed E-state index contributed by atoms with van der Waals surface area (Å²) in [6.45, 7) is 7.75. The summed E-state index contributed by atoms with van der Waals surface area (Å²) in [4.78, 5) is 9.33. The van der Waals surface area contributed by atoms with Crippen LogP contribution in [-0.4, -0.2) is 42.1 Å². The Kier molecular flexibility index (Phi) is 3.73. The van der Waals surface area contributed by atoms with Crippen molar-refractivity contribution in [3.63, 3.8) is 0 Å². The molecule has 94 valence electrons. The van der Waals surface area contributed by atoms with E-state index in [-0.39, 0.29) is 5.54 Å². The summed E-state index contributed by atoms with van der Waals surface area (Å²) >= 11 is 3.44. The Bertz CT molecular complexity index is 375. The van der Waals surface area contributed by atoms with E-state index in [9.17, 15) is 0 Å². The lowest BCUT2D eigenvalue weighted by Crippen LogP contribution is -2.57. The van der Waals surface area contributed by atoms with E-state index in [0.717, 1.165) is 30.8 Å². The average Bonchev–Trinajstić information content (AvgIpc) is 2.33. The molecule has 4 heteroatoms. The lowest BCUT2D eigenvalue weighted by atomic mass is 10.00. The summed E-state index contributed by atoms with van der Waals surface area (Å²) in [5, 5.41) is 0.870. The van der Waals surface area contributed by atoms with Gasteiger partial charge in [0.05, 0.1) is 0 Å². The van der Waals surface area contributed by atoms with Crippen LogP contribution in [0.2, 0.25) is 0 Å². The highest BCUT2D eigenvalue weighted by Gasteiger charge is 2.31. The van der Waals surface area contributed by atoms with Crippen molar-refractivity contribution in [2.45, 2.75) is 24.7 Å². The summed E-state index contributed by atoms with van der Waals surface area (Å²) in [6, 6.07) is 4.26. The molecule has 0 bridgehead atoms. The van der Waals surface area contributed by atoms with E-state index < -0.39 is 0 Å². The van der Waals surface area contributed by atoms with Gasteiger partial charge in [-0.3, -0.25) is 4.90 Å². The van der Waals surface area contributed by atoms with Crippen LogP contribution in [0.1, 0.15) is 19.4 Å². The van der Waals surface area contributed by atoms with E-state index in [4.69, 9.17) is 0 Å². The molecule has 0 aliphatic carbocycles. The molecule has 0 spiro atoms. The zero-order valence-corrected chi connectivity index (χ0v) is 12.4. The first-order chi connectivity index (χ1) is 8.03. The fraction of sp³-hybridized carbons (Fsp3) is 0.615. The number of likely N-dealkylation sites (N-methyl/N-ethyl adjacent to an activating group) is 1. The number of alkyl halides is 1. The molecule has 1 saturated heterocycles. The maximum absolute atomic E-state index is 4.54. The van der Waals surface area contributed by atoms with Crippen LogP contribution in [0.25, 0.3) is 0 Å². The van der Waals surface area contributed by atoms with E-state index in [1.807, 2.05) is 6.20 Å². The van der Waals surface area contributed by atoms with Gasteiger partial charge in [0.15, 0.2) is 0 Å². The third-order valence-electron chi connectivity index (χ3n) is 3.60. The second kappa shape index (κ2) is 4.94. The van der Waals surface area contributed by atoms with Crippen molar-refractivity contribution in [1.29, 1.82) is 0 Å². The molecule has 0 N–H and O–H groups in total. The molecule has 17 heavy (non-hydrogen) atoms. The molecule has 2 heterocycles. The lowest BCUT2D eigenvalue weighted by Gasteiger charge is -2.45. The quantitative estimate of drug-likeness (QED) is 0.782. The lowest BCUT2D eigenvalue weighted by molar-refractivity contribution is 0.138. The Hall–Kier alpha value is -0.610. The minimum absolute atomic E-state index is 0.216. The van der Waals surface area contributed by atoms with Crippen LogP contribution in [0.3, 0.4) is 0 Å². The largest absolute Gasteiger partial charge is 0.354 e. The van der Waals surface area contributed by atoms with Crippen LogP contribution < -0.4 is 4.90 Å². The molecule has 0 amide bonds. The molecule has 0 unspecified atom stereocenters. The highest BCUT2D eigenvalue weighted by atomic mass is 79.9. The number of aromatic nitrogens is 1. The van der Waals surface area contributed by atoms with Gasteiger partial charge in [-0.25, -0.2) is 4.98 Å². The van der Waals surface area contributed by atoms with E-state index >= 15 is 0 Å². The minimum Gasteiger partial charge on any atom is -0.354 e. The monoisotopic (exact) mass is 297 g/mol. The number of pyridine rings is 1. The number of hydrogen-bond acceptors (Lipinski definition) is 3. The molecule has 2 rings (SSSR count). The first kappa shape index (κ1) is 12.8. The van der Waals surface area contributed by atoms with Gasteiger partial charge in [0.25, 0.3) is 0 Å². The summed E-state index contributed by atoms with van der Waals surface area (Å²) in [7, 11) is 2.19. The second-order valence-electron chi connectivity index (χ2n) is 5.31. The topological polar surface area (TPSA) is 19.4 Å². The molecule has 0 radical (unpaired) electrons. The van der Waals surface area contributed by atoms with Gasteiger partial charge in [0, 0.05) is 36.7 Å². The van der Waals surface area contributed by atoms with E-state index in [1.54, 1.807) is 0 Å². The molecule has 0 saturated carbocycles. The molecule has 0 aromatic carbocycles. The van der Waals surface area contributed by atoms with E-state index in [2.05, 4.69) is 63.7 Å². The molecule has 3 nitrogen and oxygen atoms in total. The Morgan fingerprint density at radius 3 is 2.65 bits per heavy atom. The van der Waals surface area contributed by atoms with Crippen molar-refractivity contribution < 1.29 is 0 Å². The van der Waals surface area contributed by atoms with E-state index in [0.29, 0.717) is 0 Å². The van der Waals surface area contributed by atoms with Crippen LogP contribution in [0.15, 0.2) is 18.3 Å². The molecule has 1 aromatic heterocycles. The predicted octanol–water partition coefficient (Wildman–Crippen LogP) is 2.51. The Balaban J connectivity index is 2.12. The minimum atomic E-state index is 0.216. The molecule has 1 aliphatic heterocycles.